The van der Waals surface area contributed by atoms with Crippen LogP contribution >= 0.6 is 15.9 Å². The van der Waals surface area contributed by atoms with Crippen molar-refractivity contribution in [3.05, 3.63) is 33.2 Å². The molecule has 0 radical (unpaired) electrons. The molecule has 1 aromatic heterocycles. The normalized spacial score (nSPS) is 19.6. The van der Waals surface area contributed by atoms with Crippen molar-refractivity contribution in [3.8, 4) is 0 Å². The lowest BCUT2D eigenvalue weighted by molar-refractivity contribution is 0.368. The molecule has 108 valence electrons. The van der Waals surface area contributed by atoms with E-state index >= 15 is 0 Å². The van der Waals surface area contributed by atoms with Crippen LogP contribution in [-0.4, -0.2) is 22.1 Å². The summed E-state index contributed by atoms with van der Waals surface area (Å²) in [6, 6.07) is 6.57. The first-order valence-corrected chi connectivity index (χ1v) is 8.15. The van der Waals surface area contributed by atoms with E-state index in [2.05, 4.69) is 26.2 Å². The van der Waals surface area contributed by atoms with Crippen LogP contribution in [0.4, 0.5) is 0 Å². The molecule has 0 spiro atoms. The van der Waals surface area contributed by atoms with E-state index in [0.29, 0.717) is 6.04 Å². The topological polar surface area (TPSA) is 49.8 Å². The number of imidazole rings is 1. The Morgan fingerprint density at radius 2 is 2.25 bits per heavy atom. The Labute approximate surface area is 126 Å². The number of fused-ring (bicyclic) bond motifs is 1. The van der Waals surface area contributed by atoms with E-state index in [4.69, 9.17) is 0 Å². The van der Waals surface area contributed by atoms with Crippen LogP contribution in [0.2, 0.25) is 0 Å². The highest BCUT2D eigenvalue weighted by molar-refractivity contribution is 9.10. The third kappa shape index (κ3) is 2.99. The molecule has 20 heavy (non-hydrogen) atoms. The highest BCUT2D eigenvalue weighted by Crippen LogP contribution is 2.18. The van der Waals surface area contributed by atoms with Gasteiger partial charge in [0.1, 0.15) is 0 Å². The number of benzene rings is 1. The van der Waals surface area contributed by atoms with E-state index in [1.54, 1.807) is 0 Å². The van der Waals surface area contributed by atoms with Crippen LogP contribution < -0.4 is 11.0 Å². The second kappa shape index (κ2) is 6.14. The molecule has 4 nitrogen and oxygen atoms in total. The van der Waals surface area contributed by atoms with Gasteiger partial charge in [-0.2, -0.15) is 0 Å². The number of halogens is 1. The predicted molar refractivity (Wildman–Crippen MR) is 85.1 cm³/mol. The van der Waals surface area contributed by atoms with Crippen molar-refractivity contribution in [2.45, 2.75) is 44.7 Å². The van der Waals surface area contributed by atoms with Gasteiger partial charge in [0.2, 0.25) is 0 Å². The van der Waals surface area contributed by atoms with Gasteiger partial charge in [0.25, 0.3) is 0 Å². The molecule has 2 aromatic rings. The summed E-state index contributed by atoms with van der Waals surface area (Å²) >= 11 is 3.43. The fourth-order valence-electron chi connectivity index (χ4n) is 3.02. The van der Waals surface area contributed by atoms with Gasteiger partial charge >= 0.3 is 5.69 Å². The lowest BCUT2D eigenvalue weighted by Crippen LogP contribution is -2.34. The summed E-state index contributed by atoms with van der Waals surface area (Å²) in [7, 11) is 0. The molecule has 5 heteroatoms. The lowest BCUT2D eigenvalue weighted by Gasteiger charge is -2.23. The predicted octanol–water partition coefficient (Wildman–Crippen LogP) is 3.01. The minimum atomic E-state index is -0.00490. The summed E-state index contributed by atoms with van der Waals surface area (Å²) in [5, 5.41) is 3.56. The molecule has 0 amide bonds. The molecule has 0 bridgehead atoms. The van der Waals surface area contributed by atoms with Gasteiger partial charge in [-0.15, -0.1) is 0 Å². The standard InChI is InChI=1S/C15H20BrN3O/c16-11-6-7-14-13(10-11)18-15(20)19(14)9-3-5-12-4-1-2-8-17-12/h6-7,10,12,17H,1-5,8-9H2,(H,18,20). The van der Waals surface area contributed by atoms with Gasteiger partial charge in [0, 0.05) is 17.1 Å². The fraction of sp³-hybridized carbons (Fsp3) is 0.533. The molecule has 1 saturated heterocycles. The molecule has 2 N–H and O–H groups in total. The molecule has 1 aliphatic heterocycles. The van der Waals surface area contributed by atoms with Gasteiger partial charge in [-0.3, -0.25) is 4.57 Å². The number of aromatic amines is 1. The summed E-state index contributed by atoms with van der Waals surface area (Å²) in [4.78, 5) is 14.9. The molecule has 1 aliphatic rings. The van der Waals surface area contributed by atoms with Crippen LogP contribution in [0, 0.1) is 0 Å². The minimum absolute atomic E-state index is 0.00490. The lowest BCUT2D eigenvalue weighted by atomic mass is 10.0. The Hall–Kier alpha value is -1.07. The number of nitrogens with zero attached hydrogens (tertiary/aromatic N) is 1. The quantitative estimate of drug-likeness (QED) is 0.900. The van der Waals surface area contributed by atoms with Crippen molar-refractivity contribution in [2.24, 2.45) is 0 Å². The van der Waals surface area contributed by atoms with Gasteiger partial charge in [-0.05, 0) is 50.4 Å². The van der Waals surface area contributed by atoms with Crippen molar-refractivity contribution in [1.82, 2.24) is 14.9 Å². The third-order valence-corrected chi connectivity index (χ3v) is 4.58. The van der Waals surface area contributed by atoms with Crippen LogP contribution in [0.3, 0.4) is 0 Å². The zero-order valence-corrected chi connectivity index (χ0v) is 13.1. The molecule has 1 unspecified atom stereocenters. The highest BCUT2D eigenvalue weighted by Gasteiger charge is 2.13. The first-order chi connectivity index (χ1) is 9.74. The van der Waals surface area contributed by atoms with Crippen molar-refractivity contribution in [1.29, 1.82) is 0 Å². The van der Waals surface area contributed by atoms with Crippen molar-refractivity contribution in [3.63, 3.8) is 0 Å². The maximum absolute atomic E-state index is 12.0. The van der Waals surface area contributed by atoms with Gasteiger partial charge in [-0.25, -0.2) is 4.79 Å². The first kappa shape index (κ1) is 13.9. The van der Waals surface area contributed by atoms with E-state index in [1.807, 2.05) is 22.8 Å². The van der Waals surface area contributed by atoms with E-state index in [1.165, 1.54) is 19.3 Å². The molecule has 2 heterocycles. The smallest absolute Gasteiger partial charge is 0.314 e. The number of piperidine rings is 1. The molecule has 0 aliphatic carbocycles. The molecular formula is C15H20BrN3O. The molecule has 1 fully saturated rings. The average molecular weight is 338 g/mol. The second-order valence-corrected chi connectivity index (χ2v) is 6.45. The Morgan fingerprint density at radius 1 is 1.35 bits per heavy atom. The first-order valence-electron chi connectivity index (χ1n) is 7.35. The van der Waals surface area contributed by atoms with Gasteiger partial charge < -0.3 is 10.3 Å². The Kier molecular flexibility index (Phi) is 4.27. The monoisotopic (exact) mass is 337 g/mol. The zero-order chi connectivity index (χ0) is 13.9. The summed E-state index contributed by atoms with van der Waals surface area (Å²) in [6.45, 7) is 1.93. The van der Waals surface area contributed by atoms with E-state index in [9.17, 15) is 4.79 Å². The number of hydrogen-bond donors (Lipinski definition) is 2. The maximum Gasteiger partial charge on any atom is 0.326 e. The maximum atomic E-state index is 12.0. The highest BCUT2D eigenvalue weighted by atomic mass is 79.9. The number of aryl methyl sites for hydroxylation is 1. The number of H-pyrrole nitrogens is 1. The van der Waals surface area contributed by atoms with E-state index in [-0.39, 0.29) is 5.69 Å². The number of hydrogen-bond acceptors (Lipinski definition) is 2. The number of rotatable bonds is 4. The van der Waals surface area contributed by atoms with E-state index < -0.39 is 0 Å². The summed E-state index contributed by atoms with van der Waals surface area (Å²) in [6.07, 6.45) is 6.10. The minimum Gasteiger partial charge on any atom is -0.314 e. The van der Waals surface area contributed by atoms with Crippen molar-refractivity contribution in [2.75, 3.05) is 6.54 Å². The second-order valence-electron chi connectivity index (χ2n) is 5.53. The Balaban J connectivity index is 1.68. The molecule has 0 saturated carbocycles. The van der Waals surface area contributed by atoms with Gasteiger partial charge in [0.15, 0.2) is 0 Å². The van der Waals surface area contributed by atoms with Crippen LogP contribution in [0.15, 0.2) is 27.5 Å². The third-order valence-electron chi connectivity index (χ3n) is 4.08. The van der Waals surface area contributed by atoms with Crippen LogP contribution in [-0.2, 0) is 6.54 Å². The Bertz CT molecular complexity index is 640. The van der Waals surface area contributed by atoms with Crippen LogP contribution in [0.1, 0.15) is 32.1 Å². The number of nitrogens with one attached hydrogen (secondary N) is 2. The van der Waals surface area contributed by atoms with Crippen molar-refractivity contribution < 1.29 is 0 Å². The summed E-state index contributed by atoms with van der Waals surface area (Å²) in [5.41, 5.74) is 1.89. The fourth-order valence-corrected chi connectivity index (χ4v) is 3.39. The molecule has 1 aromatic carbocycles. The average Bonchev–Trinajstić information content (AvgIpc) is 2.75. The molecule has 1 atom stereocenters. The summed E-state index contributed by atoms with van der Waals surface area (Å²) < 4.78 is 2.84. The van der Waals surface area contributed by atoms with Crippen molar-refractivity contribution >= 4 is 27.0 Å². The van der Waals surface area contributed by atoms with Gasteiger partial charge in [0.05, 0.1) is 11.0 Å². The van der Waals surface area contributed by atoms with Crippen LogP contribution in [0.25, 0.3) is 11.0 Å². The number of aromatic nitrogens is 2. The van der Waals surface area contributed by atoms with Crippen LogP contribution in [0.5, 0.6) is 0 Å². The largest absolute Gasteiger partial charge is 0.326 e. The summed E-state index contributed by atoms with van der Waals surface area (Å²) in [5.74, 6) is 0. The SMILES string of the molecule is O=c1[nH]c2cc(Br)ccc2n1CCCC1CCCCN1. The molecular weight excluding hydrogens is 318 g/mol. The Morgan fingerprint density at radius 3 is 3.05 bits per heavy atom. The van der Waals surface area contributed by atoms with E-state index in [0.717, 1.165) is 41.4 Å². The van der Waals surface area contributed by atoms with Gasteiger partial charge in [-0.1, -0.05) is 22.4 Å². The zero-order valence-electron chi connectivity index (χ0n) is 11.5. The molecule has 3 rings (SSSR count).